The fraction of sp³-hybridized carbons (Fsp3) is 0.636. The van der Waals surface area contributed by atoms with Crippen molar-refractivity contribution in [2.45, 2.75) is 64.3 Å². The molecule has 1 aliphatic heterocycles. The lowest BCUT2D eigenvalue weighted by Crippen LogP contribution is -2.51. The lowest BCUT2D eigenvalue weighted by atomic mass is 9.91. The van der Waals surface area contributed by atoms with Gasteiger partial charge in [-0.3, -0.25) is 29.6 Å². The number of Topliss-reactive ketones (excluding diaryl/α,β-unsaturated/α-hetero) is 1. The van der Waals surface area contributed by atoms with Gasteiger partial charge >= 0.3 is 0 Å². The van der Waals surface area contributed by atoms with Crippen LogP contribution in [0.25, 0.3) is 0 Å². The zero-order valence-electron chi connectivity index (χ0n) is 17.6. The molecule has 2 N–H and O–H groups in total. The molecule has 3 rings (SSSR count). The molecule has 1 saturated carbocycles. The Morgan fingerprint density at radius 2 is 2.03 bits per heavy atom. The molecule has 164 valence electrons. The average molecular weight is 417 g/mol. The molecule has 2 aliphatic rings. The quantitative estimate of drug-likeness (QED) is 0.343. The van der Waals surface area contributed by atoms with Gasteiger partial charge in [0.25, 0.3) is 0 Å². The number of rotatable bonds is 10. The van der Waals surface area contributed by atoms with E-state index in [-0.39, 0.29) is 24.7 Å². The van der Waals surface area contributed by atoms with Crippen LogP contribution in [0.4, 0.5) is 0 Å². The van der Waals surface area contributed by atoms with Gasteiger partial charge in [-0.25, -0.2) is 10.5 Å². The fourth-order valence-electron chi connectivity index (χ4n) is 4.59. The van der Waals surface area contributed by atoms with Gasteiger partial charge in [-0.15, -0.1) is 0 Å². The molecule has 2 heterocycles. The number of nitrogens with zero attached hydrogens (tertiary/aromatic N) is 3. The van der Waals surface area contributed by atoms with E-state index in [2.05, 4.69) is 10.4 Å². The number of ketones is 1. The van der Waals surface area contributed by atoms with E-state index >= 15 is 0 Å². The summed E-state index contributed by atoms with van der Waals surface area (Å²) in [6.07, 6.45) is 6.88. The SMILES string of the molecule is CCc1cccc(CC(=O)[C@@H]2CCNN2C(=O)[C@H](CC2CCCC2)CN(O)C=O)n1. The Morgan fingerprint density at radius 1 is 1.30 bits per heavy atom. The second-order valence-corrected chi connectivity index (χ2v) is 8.35. The van der Waals surface area contributed by atoms with Gasteiger partial charge in [0.2, 0.25) is 12.3 Å². The molecule has 8 heteroatoms. The van der Waals surface area contributed by atoms with Crippen molar-refractivity contribution < 1.29 is 19.6 Å². The summed E-state index contributed by atoms with van der Waals surface area (Å²) in [5, 5.41) is 11.7. The maximum absolute atomic E-state index is 13.3. The molecule has 1 aromatic heterocycles. The highest BCUT2D eigenvalue weighted by Gasteiger charge is 2.38. The Hall–Kier alpha value is -2.32. The molecule has 8 nitrogen and oxygen atoms in total. The zero-order chi connectivity index (χ0) is 21.5. The van der Waals surface area contributed by atoms with Crippen LogP contribution in [0.15, 0.2) is 18.2 Å². The lowest BCUT2D eigenvalue weighted by molar-refractivity contribution is -0.159. The first-order chi connectivity index (χ1) is 14.5. The number of nitrogens with one attached hydrogen (secondary N) is 1. The molecule has 1 aromatic rings. The Bertz CT molecular complexity index is 750. The van der Waals surface area contributed by atoms with Crippen molar-refractivity contribution in [1.82, 2.24) is 20.5 Å². The third kappa shape index (κ3) is 5.64. The number of pyridine rings is 1. The van der Waals surface area contributed by atoms with E-state index in [9.17, 15) is 19.6 Å². The fourth-order valence-corrected chi connectivity index (χ4v) is 4.59. The number of hydrogen-bond donors (Lipinski definition) is 2. The van der Waals surface area contributed by atoms with Crippen LogP contribution in [-0.2, 0) is 27.2 Å². The number of hydrazine groups is 1. The van der Waals surface area contributed by atoms with E-state index in [1.54, 1.807) is 0 Å². The van der Waals surface area contributed by atoms with Gasteiger partial charge in [0.15, 0.2) is 5.78 Å². The Kier molecular flexibility index (Phi) is 7.93. The molecule has 2 amide bonds. The number of carbonyl (C=O) groups is 3. The van der Waals surface area contributed by atoms with Crippen molar-refractivity contribution in [2.24, 2.45) is 11.8 Å². The minimum Gasteiger partial charge on any atom is -0.297 e. The van der Waals surface area contributed by atoms with Gasteiger partial charge in [-0.1, -0.05) is 38.7 Å². The summed E-state index contributed by atoms with van der Waals surface area (Å²) in [7, 11) is 0. The maximum Gasteiger partial charge on any atom is 0.242 e. The first-order valence-corrected chi connectivity index (χ1v) is 11.0. The van der Waals surface area contributed by atoms with Crippen LogP contribution in [0, 0.1) is 11.8 Å². The number of hydroxylamine groups is 2. The van der Waals surface area contributed by atoms with Gasteiger partial charge in [-0.05, 0) is 37.3 Å². The molecular weight excluding hydrogens is 384 g/mol. The third-order valence-corrected chi connectivity index (χ3v) is 6.17. The Balaban J connectivity index is 1.69. The Labute approximate surface area is 177 Å². The zero-order valence-corrected chi connectivity index (χ0v) is 17.6. The van der Waals surface area contributed by atoms with E-state index in [0.717, 1.165) is 37.8 Å². The van der Waals surface area contributed by atoms with Crippen molar-refractivity contribution in [3.8, 4) is 0 Å². The minimum absolute atomic E-state index is 0.0510. The first-order valence-electron chi connectivity index (χ1n) is 11.0. The summed E-state index contributed by atoms with van der Waals surface area (Å²) in [6, 6.07) is 5.11. The molecule has 2 fully saturated rings. The summed E-state index contributed by atoms with van der Waals surface area (Å²) in [5.74, 6) is -0.402. The van der Waals surface area contributed by atoms with Crippen LogP contribution in [0.5, 0.6) is 0 Å². The third-order valence-electron chi connectivity index (χ3n) is 6.17. The standard InChI is InChI=1S/C22H32N4O4/c1-2-18-8-5-9-19(24-18)13-21(28)20-10-11-23-26(20)22(29)17(14-25(30)15-27)12-16-6-3-4-7-16/h5,8-9,15-17,20,23,30H,2-4,6-7,10-14H2,1H3/t17-,20+/m1/s1. The van der Waals surface area contributed by atoms with Gasteiger partial charge < -0.3 is 0 Å². The molecule has 0 aromatic carbocycles. The number of hydrogen-bond acceptors (Lipinski definition) is 6. The van der Waals surface area contributed by atoms with Crippen LogP contribution in [-0.4, -0.2) is 57.5 Å². The summed E-state index contributed by atoms with van der Waals surface area (Å²) >= 11 is 0. The molecule has 2 atom stereocenters. The van der Waals surface area contributed by atoms with Gasteiger partial charge in [0.1, 0.15) is 6.04 Å². The second kappa shape index (κ2) is 10.6. The number of amides is 2. The van der Waals surface area contributed by atoms with Crippen molar-refractivity contribution >= 4 is 18.1 Å². The summed E-state index contributed by atoms with van der Waals surface area (Å²) in [5.41, 5.74) is 4.69. The van der Waals surface area contributed by atoms with Crippen LogP contribution in [0.1, 0.15) is 56.8 Å². The maximum atomic E-state index is 13.3. The summed E-state index contributed by atoms with van der Waals surface area (Å²) in [6.45, 7) is 2.50. The van der Waals surface area contributed by atoms with E-state index in [1.807, 2.05) is 25.1 Å². The van der Waals surface area contributed by atoms with Crippen LogP contribution in [0.2, 0.25) is 0 Å². The second-order valence-electron chi connectivity index (χ2n) is 8.35. The highest BCUT2D eigenvalue weighted by Crippen LogP contribution is 2.31. The minimum atomic E-state index is -0.556. The lowest BCUT2D eigenvalue weighted by Gasteiger charge is -2.30. The predicted molar refractivity (Wildman–Crippen MR) is 110 cm³/mol. The molecule has 1 saturated heterocycles. The van der Waals surface area contributed by atoms with E-state index in [0.29, 0.717) is 42.5 Å². The summed E-state index contributed by atoms with van der Waals surface area (Å²) in [4.78, 5) is 41.7. The largest absolute Gasteiger partial charge is 0.297 e. The molecular formula is C22H32N4O4. The normalized spacial score (nSPS) is 20.3. The van der Waals surface area contributed by atoms with Crippen molar-refractivity contribution in [2.75, 3.05) is 13.1 Å². The van der Waals surface area contributed by atoms with Crippen LogP contribution in [0.3, 0.4) is 0 Å². The van der Waals surface area contributed by atoms with Crippen LogP contribution < -0.4 is 5.43 Å². The highest BCUT2D eigenvalue weighted by atomic mass is 16.5. The van der Waals surface area contributed by atoms with E-state index in [1.165, 1.54) is 5.01 Å². The molecule has 0 radical (unpaired) electrons. The number of aromatic nitrogens is 1. The topological polar surface area (TPSA) is 103 Å². The number of carbonyl (C=O) groups excluding carboxylic acids is 3. The van der Waals surface area contributed by atoms with Crippen molar-refractivity contribution in [3.05, 3.63) is 29.6 Å². The van der Waals surface area contributed by atoms with E-state index in [4.69, 9.17) is 0 Å². The average Bonchev–Trinajstić information content (AvgIpc) is 3.44. The monoisotopic (exact) mass is 416 g/mol. The first kappa shape index (κ1) is 22.4. The molecule has 0 spiro atoms. The smallest absolute Gasteiger partial charge is 0.242 e. The van der Waals surface area contributed by atoms with Gasteiger partial charge in [0.05, 0.1) is 18.9 Å². The van der Waals surface area contributed by atoms with Crippen molar-refractivity contribution in [1.29, 1.82) is 0 Å². The molecule has 30 heavy (non-hydrogen) atoms. The Morgan fingerprint density at radius 3 is 2.73 bits per heavy atom. The molecule has 0 unspecified atom stereocenters. The predicted octanol–water partition coefficient (Wildman–Crippen LogP) is 1.91. The summed E-state index contributed by atoms with van der Waals surface area (Å²) < 4.78 is 0. The molecule has 0 bridgehead atoms. The molecule has 1 aliphatic carbocycles. The van der Waals surface area contributed by atoms with Crippen molar-refractivity contribution in [3.63, 3.8) is 0 Å². The van der Waals surface area contributed by atoms with Gasteiger partial charge in [-0.2, -0.15) is 0 Å². The van der Waals surface area contributed by atoms with E-state index < -0.39 is 12.0 Å². The highest BCUT2D eigenvalue weighted by molar-refractivity contribution is 5.91. The van der Waals surface area contributed by atoms with Crippen LogP contribution >= 0.6 is 0 Å². The number of aryl methyl sites for hydroxylation is 1. The van der Waals surface area contributed by atoms with Gasteiger partial charge in [0, 0.05) is 17.9 Å².